The van der Waals surface area contributed by atoms with E-state index in [-0.39, 0.29) is 28.3 Å². The van der Waals surface area contributed by atoms with Gasteiger partial charge in [-0.1, -0.05) is 42.5 Å². The lowest BCUT2D eigenvalue weighted by Crippen LogP contribution is -2.27. The van der Waals surface area contributed by atoms with Crippen molar-refractivity contribution in [2.45, 2.75) is 33.2 Å². The highest BCUT2D eigenvalue weighted by molar-refractivity contribution is 8.18. The fourth-order valence-corrected chi connectivity index (χ4v) is 6.56. The second-order valence-electron chi connectivity index (χ2n) is 10.2. The predicted molar refractivity (Wildman–Crippen MR) is 159 cm³/mol. The summed E-state index contributed by atoms with van der Waals surface area (Å²) in [6.45, 7) is 5.69. The van der Waals surface area contributed by atoms with Gasteiger partial charge >= 0.3 is 0 Å². The molecule has 0 aliphatic carbocycles. The number of hydrogen-bond acceptors (Lipinski definition) is 6. The SMILES string of the molecule is Cc1cc(/C=C2\SC(=O)N(Cc3cccc4ccccc34)C2=O)c(C)n1-c1ccc(N2CCCC2)c([N+](=O)[O-])c1. The van der Waals surface area contributed by atoms with Crippen LogP contribution in [0.15, 0.2) is 71.6 Å². The number of thioether (sulfide) groups is 1. The Balaban J connectivity index is 1.30. The second-order valence-corrected chi connectivity index (χ2v) is 11.2. The Bertz CT molecular complexity index is 1710. The first kappa shape index (κ1) is 25.9. The summed E-state index contributed by atoms with van der Waals surface area (Å²) in [4.78, 5) is 41.6. The van der Waals surface area contributed by atoms with Crippen LogP contribution < -0.4 is 4.90 Å². The number of benzene rings is 3. The summed E-state index contributed by atoms with van der Waals surface area (Å²) in [5.41, 5.74) is 4.84. The number of hydrogen-bond donors (Lipinski definition) is 0. The van der Waals surface area contributed by atoms with Crippen molar-refractivity contribution in [3.63, 3.8) is 0 Å². The third-order valence-corrected chi connectivity index (χ3v) is 8.61. The number of nitrogens with zero attached hydrogens (tertiary/aromatic N) is 4. The van der Waals surface area contributed by atoms with E-state index in [9.17, 15) is 19.7 Å². The highest BCUT2D eigenvalue weighted by Gasteiger charge is 2.35. The summed E-state index contributed by atoms with van der Waals surface area (Å²) in [5.74, 6) is -0.321. The smallest absolute Gasteiger partial charge is 0.294 e. The first-order valence-corrected chi connectivity index (χ1v) is 14.1. The predicted octanol–water partition coefficient (Wildman–Crippen LogP) is 6.99. The molecule has 2 saturated heterocycles. The number of aromatic nitrogens is 1. The van der Waals surface area contributed by atoms with Crippen LogP contribution in [0.1, 0.15) is 35.4 Å². The fourth-order valence-electron chi connectivity index (χ4n) is 5.73. The summed E-state index contributed by atoms with van der Waals surface area (Å²) in [7, 11) is 0. The highest BCUT2D eigenvalue weighted by Crippen LogP contribution is 2.37. The molecule has 0 bridgehead atoms. The molecule has 202 valence electrons. The Kier molecular flexibility index (Phi) is 6.67. The Labute approximate surface area is 236 Å². The molecule has 8 nitrogen and oxygen atoms in total. The largest absolute Gasteiger partial charge is 0.366 e. The fraction of sp³-hybridized carbons (Fsp3) is 0.226. The molecule has 4 aromatic rings. The molecule has 0 N–H and O–H groups in total. The van der Waals surface area contributed by atoms with E-state index in [0.29, 0.717) is 16.3 Å². The first-order chi connectivity index (χ1) is 19.3. The Morgan fingerprint density at radius 2 is 1.73 bits per heavy atom. The molecule has 2 fully saturated rings. The van der Waals surface area contributed by atoms with E-state index in [2.05, 4.69) is 4.90 Å². The normalized spacial score (nSPS) is 16.6. The van der Waals surface area contributed by atoms with Gasteiger partial charge in [0.2, 0.25) is 0 Å². The molecule has 3 aromatic carbocycles. The molecule has 0 atom stereocenters. The zero-order valence-corrected chi connectivity index (χ0v) is 23.1. The standard InChI is InChI=1S/C31H28N4O4S/c1-20-16-24(21(2)34(20)25-12-13-27(28(18-25)35(38)39)32-14-5-6-15-32)17-29-30(36)33(31(37)40-29)19-23-10-7-9-22-8-3-4-11-26(22)23/h3-4,7-13,16-18H,5-6,14-15,19H2,1-2H3/b29-17-. The second kappa shape index (κ2) is 10.3. The van der Waals surface area contributed by atoms with Crippen LogP contribution in [0.25, 0.3) is 22.5 Å². The number of carbonyl (C=O) groups is 2. The van der Waals surface area contributed by atoms with Crippen LogP contribution in [-0.4, -0.2) is 38.6 Å². The van der Waals surface area contributed by atoms with Gasteiger partial charge in [-0.3, -0.25) is 24.6 Å². The van der Waals surface area contributed by atoms with Crippen molar-refractivity contribution in [1.82, 2.24) is 9.47 Å². The minimum absolute atomic E-state index is 0.0861. The average molecular weight is 553 g/mol. The molecule has 0 unspecified atom stereocenters. The molecule has 0 spiro atoms. The van der Waals surface area contributed by atoms with Gasteiger partial charge in [-0.05, 0) is 84.6 Å². The van der Waals surface area contributed by atoms with Gasteiger partial charge in [0.1, 0.15) is 5.69 Å². The molecule has 40 heavy (non-hydrogen) atoms. The van der Waals surface area contributed by atoms with Crippen molar-refractivity contribution >= 4 is 51.1 Å². The van der Waals surface area contributed by atoms with E-state index in [1.165, 1.54) is 4.90 Å². The number of amides is 2. The topological polar surface area (TPSA) is 88.7 Å². The maximum absolute atomic E-state index is 13.3. The van der Waals surface area contributed by atoms with Crippen molar-refractivity contribution in [3.8, 4) is 5.69 Å². The minimum atomic E-state index is -0.321. The molecular formula is C31H28N4O4S. The lowest BCUT2D eigenvalue weighted by molar-refractivity contribution is -0.384. The van der Waals surface area contributed by atoms with E-state index in [0.717, 1.165) is 71.0 Å². The quantitative estimate of drug-likeness (QED) is 0.145. The Morgan fingerprint density at radius 3 is 2.50 bits per heavy atom. The summed E-state index contributed by atoms with van der Waals surface area (Å²) >= 11 is 0.938. The molecule has 1 aromatic heterocycles. The van der Waals surface area contributed by atoms with E-state index >= 15 is 0 Å². The van der Waals surface area contributed by atoms with Crippen molar-refractivity contribution in [1.29, 1.82) is 0 Å². The number of imide groups is 1. The molecule has 0 radical (unpaired) electrons. The van der Waals surface area contributed by atoms with Crippen LogP contribution in [0.5, 0.6) is 0 Å². The van der Waals surface area contributed by atoms with Crippen LogP contribution in [-0.2, 0) is 11.3 Å². The molecule has 2 aliphatic rings. The molecule has 6 rings (SSSR count). The van der Waals surface area contributed by atoms with Crippen LogP contribution in [0, 0.1) is 24.0 Å². The van der Waals surface area contributed by atoms with E-state index in [4.69, 9.17) is 0 Å². The number of carbonyl (C=O) groups excluding carboxylic acids is 2. The number of aryl methyl sites for hydroxylation is 1. The summed E-state index contributed by atoms with van der Waals surface area (Å²) in [5, 5.41) is 13.7. The number of nitro benzene ring substituents is 1. The van der Waals surface area contributed by atoms with Crippen LogP contribution in [0.3, 0.4) is 0 Å². The van der Waals surface area contributed by atoms with Gasteiger partial charge in [0.15, 0.2) is 0 Å². The zero-order valence-electron chi connectivity index (χ0n) is 22.3. The van der Waals surface area contributed by atoms with Gasteiger partial charge in [-0.25, -0.2) is 0 Å². The van der Waals surface area contributed by atoms with Gasteiger partial charge < -0.3 is 9.47 Å². The monoisotopic (exact) mass is 552 g/mol. The number of rotatable bonds is 6. The average Bonchev–Trinajstić information content (AvgIpc) is 3.64. The lowest BCUT2D eigenvalue weighted by Gasteiger charge is -2.19. The summed E-state index contributed by atoms with van der Waals surface area (Å²) in [6.07, 6.45) is 3.82. The number of fused-ring (bicyclic) bond motifs is 1. The van der Waals surface area contributed by atoms with Gasteiger partial charge in [0.25, 0.3) is 16.8 Å². The number of anilines is 1. The van der Waals surface area contributed by atoms with Gasteiger partial charge in [0, 0.05) is 30.5 Å². The third kappa shape index (κ3) is 4.56. The van der Waals surface area contributed by atoms with E-state index in [1.807, 2.05) is 79.1 Å². The molecule has 9 heteroatoms. The summed E-state index contributed by atoms with van der Waals surface area (Å²) < 4.78 is 1.95. The van der Waals surface area contributed by atoms with E-state index in [1.54, 1.807) is 12.1 Å². The summed E-state index contributed by atoms with van der Waals surface area (Å²) in [6, 6.07) is 21.1. The van der Waals surface area contributed by atoms with Gasteiger partial charge in [-0.2, -0.15) is 0 Å². The van der Waals surface area contributed by atoms with Gasteiger partial charge in [-0.15, -0.1) is 0 Å². The lowest BCUT2D eigenvalue weighted by atomic mass is 10.0. The molecule has 3 heterocycles. The third-order valence-electron chi connectivity index (χ3n) is 7.70. The Morgan fingerprint density at radius 1 is 0.975 bits per heavy atom. The minimum Gasteiger partial charge on any atom is -0.366 e. The molecular weight excluding hydrogens is 524 g/mol. The van der Waals surface area contributed by atoms with Crippen molar-refractivity contribution in [2.24, 2.45) is 0 Å². The van der Waals surface area contributed by atoms with Gasteiger partial charge in [0.05, 0.1) is 22.1 Å². The highest BCUT2D eigenvalue weighted by atomic mass is 32.2. The van der Waals surface area contributed by atoms with Crippen LogP contribution >= 0.6 is 11.8 Å². The van der Waals surface area contributed by atoms with Crippen molar-refractivity contribution in [3.05, 3.63) is 104 Å². The first-order valence-electron chi connectivity index (χ1n) is 13.3. The van der Waals surface area contributed by atoms with Crippen LogP contribution in [0.2, 0.25) is 0 Å². The van der Waals surface area contributed by atoms with Crippen molar-refractivity contribution < 1.29 is 14.5 Å². The maximum Gasteiger partial charge on any atom is 0.294 e. The number of nitro groups is 1. The van der Waals surface area contributed by atoms with Crippen molar-refractivity contribution in [2.75, 3.05) is 18.0 Å². The maximum atomic E-state index is 13.3. The zero-order chi connectivity index (χ0) is 28.0. The van der Waals surface area contributed by atoms with Crippen LogP contribution in [0.4, 0.5) is 16.2 Å². The molecule has 2 aliphatic heterocycles. The molecule has 2 amide bonds. The van der Waals surface area contributed by atoms with E-state index < -0.39 is 0 Å². The molecule has 0 saturated carbocycles. The Hall–Kier alpha value is -4.37.